The number of sulfonamides is 1. The Morgan fingerprint density at radius 1 is 0.913 bits per heavy atom. The van der Waals surface area contributed by atoms with Crippen LogP contribution in [0.5, 0.6) is 0 Å². The predicted molar refractivity (Wildman–Crippen MR) is 82.3 cm³/mol. The Labute approximate surface area is 132 Å². The summed E-state index contributed by atoms with van der Waals surface area (Å²) in [5, 5.41) is 18.0. The van der Waals surface area contributed by atoms with Crippen molar-refractivity contribution in [1.82, 2.24) is 0 Å². The van der Waals surface area contributed by atoms with Crippen molar-refractivity contribution >= 4 is 27.6 Å². The van der Waals surface area contributed by atoms with Crippen LogP contribution in [0.15, 0.2) is 47.4 Å². The predicted octanol–water partition coefficient (Wildman–Crippen LogP) is 2.19. The third kappa shape index (κ3) is 3.67. The van der Waals surface area contributed by atoms with Crippen molar-refractivity contribution in [2.24, 2.45) is 0 Å². The smallest absolute Gasteiger partial charge is 0.336 e. The number of anilines is 1. The number of rotatable bonds is 5. The Morgan fingerprint density at radius 2 is 1.48 bits per heavy atom. The molecule has 0 radical (unpaired) electrons. The van der Waals surface area contributed by atoms with E-state index in [1.165, 1.54) is 18.2 Å². The molecule has 0 amide bonds. The fourth-order valence-corrected chi connectivity index (χ4v) is 2.95. The summed E-state index contributed by atoms with van der Waals surface area (Å²) in [5.74, 6) is -2.87. The average Bonchev–Trinajstić information content (AvgIpc) is 2.46. The van der Waals surface area contributed by atoms with Gasteiger partial charge in [-0.05, 0) is 37.3 Å². The molecular formula is C15H13NO6S. The van der Waals surface area contributed by atoms with Crippen LogP contribution in [0.2, 0.25) is 0 Å². The molecular weight excluding hydrogens is 322 g/mol. The average molecular weight is 335 g/mol. The zero-order chi connectivity index (χ0) is 17.2. The minimum atomic E-state index is -3.90. The van der Waals surface area contributed by atoms with Crippen LogP contribution in [0.1, 0.15) is 26.3 Å². The number of benzene rings is 2. The third-order valence-corrected chi connectivity index (χ3v) is 4.46. The Balaban J connectivity index is 2.40. The summed E-state index contributed by atoms with van der Waals surface area (Å²) in [5.41, 5.74) is -0.0618. The molecule has 0 aromatic heterocycles. The van der Waals surface area contributed by atoms with E-state index < -0.39 is 33.1 Å². The van der Waals surface area contributed by atoms with Crippen molar-refractivity contribution in [3.63, 3.8) is 0 Å². The number of carboxylic acid groups (broad SMARTS) is 2. The molecule has 0 aliphatic rings. The van der Waals surface area contributed by atoms with Crippen molar-refractivity contribution in [2.75, 3.05) is 4.72 Å². The van der Waals surface area contributed by atoms with Gasteiger partial charge in [-0.15, -0.1) is 0 Å². The second-order valence-electron chi connectivity index (χ2n) is 4.79. The summed E-state index contributed by atoms with van der Waals surface area (Å²) in [7, 11) is -3.90. The van der Waals surface area contributed by atoms with E-state index in [1.54, 1.807) is 12.1 Å². The number of hydrogen-bond donors (Lipinski definition) is 3. The minimum Gasteiger partial charge on any atom is -0.478 e. The molecule has 0 unspecified atom stereocenters. The van der Waals surface area contributed by atoms with E-state index in [2.05, 4.69) is 4.72 Å². The number of aryl methyl sites for hydroxylation is 1. The summed E-state index contributed by atoms with van der Waals surface area (Å²) in [6.07, 6.45) is 0. The van der Waals surface area contributed by atoms with Crippen LogP contribution in [0.3, 0.4) is 0 Å². The van der Waals surface area contributed by atoms with Gasteiger partial charge in [-0.1, -0.05) is 17.7 Å². The standard InChI is InChI=1S/C15H13NO6S/c1-9-2-5-11(6-3-9)23(21,22)16-10-4-7-12(14(17)18)13(8-10)15(19)20/h2-8,16H,1H3,(H,17,18)(H,19,20). The van der Waals surface area contributed by atoms with Gasteiger partial charge in [-0.3, -0.25) is 4.72 Å². The van der Waals surface area contributed by atoms with E-state index in [1.807, 2.05) is 6.92 Å². The van der Waals surface area contributed by atoms with Gasteiger partial charge in [-0.2, -0.15) is 0 Å². The summed E-state index contributed by atoms with van der Waals surface area (Å²) in [6.45, 7) is 1.81. The third-order valence-electron chi connectivity index (χ3n) is 3.06. The summed E-state index contributed by atoms with van der Waals surface area (Å²) in [4.78, 5) is 22.1. The fourth-order valence-electron chi connectivity index (χ4n) is 1.90. The van der Waals surface area contributed by atoms with E-state index in [0.29, 0.717) is 0 Å². The van der Waals surface area contributed by atoms with Gasteiger partial charge in [0.2, 0.25) is 0 Å². The van der Waals surface area contributed by atoms with E-state index in [-0.39, 0.29) is 10.6 Å². The quantitative estimate of drug-likeness (QED) is 0.770. The van der Waals surface area contributed by atoms with E-state index in [4.69, 9.17) is 10.2 Å². The van der Waals surface area contributed by atoms with Crippen LogP contribution >= 0.6 is 0 Å². The van der Waals surface area contributed by atoms with Crippen LogP contribution in [0.4, 0.5) is 5.69 Å². The van der Waals surface area contributed by atoms with Gasteiger partial charge in [0.05, 0.1) is 16.0 Å². The van der Waals surface area contributed by atoms with Gasteiger partial charge in [-0.25, -0.2) is 18.0 Å². The van der Waals surface area contributed by atoms with Gasteiger partial charge in [0, 0.05) is 5.69 Å². The zero-order valence-corrected chi connectivity index (χ0v) is 12.8. The van der Waals surface area contributed by atoms with Crippen LogP contribution in [-0.2, 0) is 10.0 Å². The normalized spacial score (nSPS) is 11.0. The minimum absolute atomic E-state index is 0.0160. The molecule has 0 atom stereocenters. The Bertz CT molecular complexity index is 871. The van der Waals surface area contributed by atoms with Crippen LogP contribution in [-0.4, -0.2) is 30.6 Å². The number of hydrogen-bond acceptors (Lipinski definition) is 4. The molecule has 0 fully saturated rings. The Morgan fingerprint density at radius 3 is 2.00 bits per heavy atom. The molecule has 0 bridgehead atoms. The Kier molecular flexibility index (Phi) is 4.37. The molecule has 0 saturated heterocycles. The maximum atomic E-state index is 12.2. The highest BCUT2D eigenvalue weighted by molar-refractivity contribution is 7.92. The van der Waals surface area contributed by atoms with Gasteiger partial charge < -0.3 is 10.2 Å². The molecule has 2 rings (SSSR count). The second-order valence-corrected chi connectivity index (χ2v) is 6.47. The molecule has 8 heteroatoms. The number of carbonyl (C=O) groups is 2. The lowest BCUT2D eigenvalue weighted by Gasteiger charge is -2.10. The maximum absolute atomic E-state index is 12.2. The molecule has 23 heavy (non-hydrogen) atoms. The van der Waals surface area contributed by atoms with Gasteiger partial charge in [0.15, 0.2) is 0 Å². The number of nitrogens with one attached hydrogen (secondary N) is 1. The molecule has 0 aliphatic heterocycles. The molecule has 0 heterocycles. The molecule has 2 aromatic rings. The first-order valence-corrected chi connectivity index (χ1v) is 7.89. The highest BCUT2D eigenvalue weighted by atomic mass is 32.2. The van der Waals surface area contributed by atoms with Crippen LogP contribution in [0.25, 0.3) is 0 Å². The Hall–Kier alpha value is -2.87. The largest absolute Gasteiger partial charge is 0.478 e. The molecule has 7 nitrogen and oxygen atoms in total. The van der Waals surface area contributed by atoms with E-state index >= 15 is 0 Å². The number of aromatic carboxylic acids is 2. The van der Waals surface area contributed by atoms with E-state index in [0.717, 1.165) is 17.7 Å². The molecule has 2 aromatic carbocycles. The van der Waals surface area contributed by atoms with Crippen molar-refractivity contribution < 1.29 is 28.2 Å². The van der Waals surface area contributed by atoms with Crippen molar-refractivity contribution in [3.05, 3.63) is 59.2 Å². The first-order chi connectivity index (χ1) is 10.7. The zero-order valence-electron chi connectivity index (χ0n) is 12.0. The maximum Gasteiger partial charge on any atom is 0.336 e. The molecule has 0 saturated carbocycles. The first kappa shape index (κ1) is 16.5. The van der Waals surface area contributed by atoms with Crippen LogP contribution < -0.4 is 4.72 Å². The fraction of sp³-hybridized carbons (Fsp3) is 0.0667. The summed E-state index contributed by atoms with van der Waals surface area (Å²) < 4.78 is 26.7. The molecule has 0 spiro atoms. The lowest BCUT2D eigenvalue weighted by molar-refractivity contribution is 0.0651. The molecule has 0 aliphatic carbocycles. The van der Waals surface area contributed by atoms with Crippen LogP contribution in [0, 0.1) is 6.92 Å². The van der Waals surface area contributed by atoms with Gasteiger partial charge in [0.25, 0.3) is 10.0 Å². The summed E-state index contributed by atoms with van der Waals surface area (Å²) in [6, 6.07) is 9.30. The lowest BCUT2D eigenvalue weighted by Crippen LogP contribution is -2.14. The second kappa shape index (κ2) is 6.09. The van der Waals surface area contributed by atoms with Gasteiger partial charge in [0.1, 0.15) is 0 Å². The first-order valence-electron chi connectivity index (χ1n) is 6.41. The van der Waals surface area contributed by atoms with Crippen molar-refractivity contribution in [1.29, 1.82) is 0 Å². The lowest BCUT2D eigenvalue weighted by atomic mass is 10.1. The monoisotopic (exact) mass is 335 g/mol. The van der Waals surface area contributed by atoms with E-state index in [9.17, 15) is 18.0 Å². The highest BCUT2D eigenvalue weighted by Crippen LogP contribution is 2.20. The van der Waals surface area contributed by atoms with Crippen molar-refractivity contribution in [3.8, 4) is 0 Å². The SMILES string of the molecule is Cc1ccc(S(=O)(=O)Nc2ccc(C(=O)O)c(C(=O)O)c2)cc1. The topological polar surface area (TPSA) is 121 Å². The van der Waals surface area contributed by atoms with Crippen molar-refractivity contribution in [2.45, 2.75) is 11.8 Å². The molecule has 120 valence electrons. The van der Waals surface area contributed by atoms with Gasteiger partial charge >= 0.3 is 11.9 Å². The number of carboxylic acids is 2. The highest BCUT2D eigenvalue weighted by Gasteiger charge is 2.19. The molecule has 3 N–H and O–H groups in total. The summed E-state index contributed by atoms with van der Waals surface area (Å²) >= 11 is 0.